The van der Waals surface area contributed by atoms with Crippen LogP contribution in [0.15, 0.2) is 24.4 Å². The maximum atomic E-state index is 6.15. The van der Waals surface area contributed by atoms with E-state index in [0.717, 1.165) is 35.7 Å². The van der Waals surface area contributed by atoms with Crippen molar-refractivity contribution in [1.29, 1.82) is 0 Å². The Bertz CT molecular complexity index is 983. The fraction of sp³-hybridized carbons (Fsp3) is 0.450. The molecule has 2 aromatic heterocycles. The van der Waals surface area contributed by atoms with E-state index in [9.17, 15) is 0 Å². The molecule has 0 unspecified atom stereocenters. The smallest absolute Gasteiger partial charge is 0.177 e. The number of fused-ring (bicyclic) bond motifs is 1. The van der Waals surface area contributed by atoms with Crippen molar-refractivity contribution < 1.29 is 0 Å². The van der Waals surface area contributed by atoms with Crippen molar-refractivity contribution in [3.05, 3.63) is 34.4 Å². The molecule has 1 saturated carbocycles. The molecule has 7 heteroatoms. The summed E-state index contributed by atoms with van der Waals surface area (Å²) in [6.45, 7) is 2.13. The van der Waals surface area contributed by atoms with Gasteiger partial charge in [0.1, 0.15) is 17.0 Å². The molecule has 2 fully saturated rings. The van der Waals surface area contributed by atoms with Gasteiger partial charge in [-0.1, -0.05) is 42.1 Å². The molecule has 2 aliphatic rings. The molecule has 1 aromatic carbocycles. The van der Waals surface area contributed by atoms with Crippen LogP contribution in [0.5, 0.6) is 0 Å². The molecule has 5 rings (SSSR count). The molecule has 27 heavy (non-hydrogen) atoms. The second kappa shape index (κ2) is 6.64. The third-order valence-electron chi connectivity index (χ3n) is 6.26. The number of nitrogens with zero attached hydrogens (tertiary/aromatic N) is 4. The summed E-state index contributed by atoms with van der Waals surface area (Å²) in [5.74, 6) is 0.930. The molecular weight excluding hydrogens is 381 g/mol. The highest BCUT2D eigenvalue weighted by Gasteiger charge is 2.37. The molecule has 0 amide bonds. The van der Waals surface area contributed by atoms with Crippen LogP contribution >= 0.6 is 23.2 Å². The van der Waals surface area contributed by atoms with Crippen LogP contribution in [0.4, 0.5) is 5.82 Å². The highest BCUT2D eigenvalue weighted by molar-refractivity contribution is 6.42. The van der Waals surface area contributed by atoms with Gasteiger partial charge in [-0.3, -0.25) is 5.10 Å². The lowest BCUT2D eigenvalue weighted by molar-refractivity contribution is 0.226. The van der Waals surface area contributed by atoms with Gasteiger partial charge in [-0.05, 0) is 43.2 Å². The van der Waals surface area contributed by atoms with E-state index >= 15 is 0 Å². The molecule has 0 bridgehead atoms. The van der Waals surface area contributed by atoms with E-state index in [0.29, 0.717) is 21.1 Å². The first-order chi connectivity index (χ1) is 13.1. The van der Waals surface area contributed by atoms with Gasteiger partial charge in [0.05, 0.1) is 16.2 Å². The minimum absolute atomic E-state index is 0.504. The van der Waals surface area contributed by atoms with Gasteiger partial charge in [-0.25, -0.2) is 9.97 Å². The highest BCUT2D eigenvalue weighted by Crippen LogP contribution is 2.46. The third-order valence-corrected chi connectivity index (χ3v) is 7.00. The van der Waals surface area contributed by atoms with Crippen LogP contribution in [0.3, 0.4) is 0 Å². The lowest BCUT2D eigenvalue weighted by atomic mass is 9.77. The quantitative estimate of drug-likeness (QED) is 0.616. The standard InChI is InChI=1S/C20H21Cl2N5/c21-14-4-3-13(11-15(14)22)17-18-19(26-25-17)24-16(12-23-18)27-9-7-20(8-10-27)5-1-2-6-20/h3-4,11-12H,1-2,5-10H2,(H,24,25,26). The van der Waals surface area contributed by atoms with E-state index in [2.05, 4.69) is 20.1 Å². The van der Waals surface area contributed by atoms with Crippen LogP contribution in [0.25, 0.3) is 22.4 Å². The van der Waals surface area contributed by atoms with Gasteiger partial charge in [-0.15, -0.1) is 0 Å². The molecule has 0 radical (unpaired) electrons. The highest BCUT2D eigenvalue weighted by atomic mass is 35.5. The first-order valence-electron chi connectivity index (χ1n) is 9.55. The van der Waals surface area contributed by atoms with Crippen molar-refractivity contribution in [3.8, 4) is 11.3 Å². The Morgan fingerprint density at radius 3 is 2.52 bits per heavy atom. The Morgan fingerprint density at radius 1 is 1.00 bits per heavy atom. The minimum Gasteiger partial charge on any atom is -0.355 e. The van der Waals surface area contributed by atoms with Gasteiger partial charge in [-0.2, -0.15) is 5.10 Å². The maximum absolute atomic E-state index is 6.15. The van der Waals surface area contributed by atoms with Crippen molar-refractivity contribution in [2.75, 3.05) is 18.0 Å². The van der Waals surface area contributed by atoms with Crippen LogP contribution in [0.2, 0.25) is 10.0 Å². The summed E-state index contributed by atoms with van der Waals surface area (Å²) in [4.78, 5) is 11.8. The SMILES string of the molecule is Clc1ccc(-c2n[nH]c3nc(N4CCC5(CCCC5)CC4)cnc23)cc1Cl. The number of anilines is 1. The second-order valence-corrected chi connectivity index (χ2v) is 8.64. The lowest BCUT2D eigenvalue weighted by Gasteiger charge is -2.39. The van der Waals surface area contributed by atoms with Gasteiger partial charge >= 0.3 is 0 Å². The molecule has 5 nitrogen and oxygen atoms in total. The van der Waals surface area contributed by atoms with Crippen LogP contribution < -0.4 is 4.90 Å². The first-order valence-corrected chi connectivity index (χ1v) is 10.3. The number of benzene rings is 1. The van der Waals surface area contributed by atoms with Crippen LogP contribution in [0, 0.1) is 5.41 Å². The second-order valence-electron chi connectivity index (χ2n) is 7.82. The van der Waals surface area contributed by atoms with Gasteiger partial charge in [0, 0.05) is 18.7 Å². The number of nitrogens with one attached hydrogen (secondary N) is 1. The molecule has 1 aliphatic heterocycles. The van der Waals surface area contributed by atoms with E-state index in [1.54, 1.807) is 12.1 Å². The third kappa shape index (κ3) is 3.07. The molecule has 140 valence electrons. The monoisotopic (exact) mass is 401 g/mol. The fourth-order valence-corrected chi connectivity index (χ4v) is 4.92. The van der Waals surface area contributed by atoms with Gasteiger partial charge in [0.15, 0.2) is 5.65 Å². The molecule has 1 saturated heterocycles. The van der Waals surface area contributed by atoms with E-state index in [-0.39, 0.29) is 0 Å². The van der Waals surface area contributed by atoms with Gasteiger partial charge in [0.25, 0.3) is 0 Å². The van der Waals surface area contributed by atoms with Gasteiger partial charge < -0.3 is 4.90 Å². The number of hydrogen-bond acceptors (Lipinski definition) is 4. The molecule has 1 aliphatic carbocycles. The van der Waals surface area contributed by atoms with E-state index in [1.165, 1.54) is 38.5 Å². The van der Waals surface area contributed by atoms with E-state index in [1.807, 2.05) is 12.3 Å². The molecule has 1 spiro atoms. The summed E-state index contributed by atoms with van der Waals surface area (Å²) in [5.41, 5.74) is 3.67. The molecule has 3 aromatic rings. The summed E-state index contributed by atoms with van der Waals surface area (Å²) in [6, 6.07) is 5.47. The Hall–Kier alpha value is -1.85. The number of rotatable bonds is 2. The maximum Gasteiger partial charge on any atom is 0.177 e. The van der Waals surface area contributed by atoms with Gasteiger partial charge in [0.2, 0.25) is 0 Å². The predicted molar refractivity (Wildman–Crippen MR) is 109 cm³/mol. The summed E-state index contributed by atoms with van der Waals surface area (Å²) in [7, 11) is 0. The average Bonchev–Trinajstić information content (AvgIpc) is 3.31. The normalized spacial score (nSPS) is 19.3. The summed E-state index contributed by atoms with van der Waals surface area (Å²) >= 11 is 12.2. The molecular formula is C20H21Cl2N5. The molecule has 0 atom stereocenters. The van der Waals surface area contributed by atoms with Crippen molar-refractivity contribution in [2.45, 2.75) is 38.5 Å². The minimum atomic E-state index is 0.504. The average molecular weight is 402 g/mol. The Morgan fingerprint density at radius 2 is 1.78 bits per heavy atom. The van der Waals surface area contributed by atoms with Crippen molar-refractivity contribution in [2.24, 2.45) is 5.41 Å². The fourth-order valence-electron chi connectivity index (χ4n) is 4.63. The van der Waals surface area contributed by atoms with Crippen LogP contribution in [0.1, 0.15) is 38.5 Å². The zero-order chi connectivity index (χ0) is 18.4. The van der Waals surface area contributed by atoms with Crippen molar-refractivity contribution >= 4 is 40.2 Å². The predicted octanol–water partition coefficient (Wildman–Crippen LogP) is 5.49. The Labute approximate surface area is 168 Å². The summed E-state index contributed by atoms with van der Waals surface area (Å²) in [6.07, 6.45) is 10.0. The van der Waals surface area contributed by atoms with Crippen LogP contribution in [-0.4, -0.2) is 33.3 Å². The number of hydrogen-bond donors (Lipinski definition) is 1. The molecule has 3 heterocycles. The van der Waals surface area contributed by atoms with Crippen LogP contribution in [-0.2, 0) is 0 Å². The number of aromatic nitrogens is 4. The zero-order valence-corrected chi connectivity index (χ0v) is 16.5. The largest absolute Gasteiger partial charge is 0.355 e. The number of H-pyrrole nitrogens is 1. The Balaban J connectivity index is 1.41. The summed E-state index contributed by atoms with van der Waals surface area (Å²) in [5, 5.41) is 8.46. The number of halogens is 2. The number of aromatic amines is 1. The van der Waals surface area contributed by atoms with Crippen molar-refractivity contribution in [1.82, 2.24) is 20.2 Å². The number of piperidine rings is 1. The summed E-state index contributed by atoms with van der Waals surface area (Å²) < 4.78 is 0. The first kappa shape index (κ1) is 17.3. The Kier molecular flexibility index (Phi) is 4.25. The zero-order valence-electron chi connectivity index (χ0n) is 15.0. The molecule has 1 N–H and O–H groups in total. The van der Waals surface area contributed by atoms with E-state index < -0.39 is 0 Å². The van der Waals surface area contributed by atoms with Crippen molar-refractivity contribution in [3.63, 3.8) is 0 Å². The van der Waals surface area contributed by atoms with E-state index in [4.69, 9.17) is 28.2 Å². The topological polar surface area (TPSA) is 57.7 Å². The lowest BCUT2D eigenvalue weighted by Crippen LogP contribution is -2.39.